The first-order chi connectivity index (χ1) is 12.8. The maximum Gasteiger partial charge on any atom is 0.347 e. The minimum atomic E-state index is -0.946. The molecule has 0 bridgehead atoms. The summed E-state index contributed by atoms with van der Waals surface area (Å²) in [5, 5.41) is 11.2. The molecule has 0 aromatic heterocycles. The van der Waals surface area contributed by atoms with Crippen LogP contribution in [0.1, 0.15) is 32.8 Å². The molecule has 0 aliphatic rings. The van der Waals surface area contributed by atoms with Crippen molar-refractivity contribution in [1.82, 2.24) is 5.32 Å². The molecule has 1 aromatic carbocycles. The summed E-state index contributed by atoms with van der Waals surface area (Å²) < 4.78 is 15.0. The van der Waals surface area contributed by atoms with Crippen molar-refractivity contribution in [1.29, 1.82) is 5.26 Å². The van der Waals surface area contributed by atoms with Crippen LogP contribution < -0.4 is 10.1 Å². The number of methoxy groups -OCH3 is 1. The lowest BCUT2D eigenvalue weighted by Gasteiger charge is -2.18. The van der Waals surface area contributed by atoms with Crippen LogP contribution in [-0.2, 0) is 23.9 Å². The van der Waals surface area contributed by atoms with E-state index < -0.39 is 36.6 Å². The number of carbonyl (C=O) groups is 3. The average molecular weight is 376 g/mol. The van der Waals surface area contributed by atoms with Gasteiger partial charge in [0.25, 0.3) is 5.91 Å². The van der Waals surface area contributed by atoms with Gasteiger partial charge in [-0.3, -0.25) is 4.79 Å². The third kappa shape index (κ3) is 7.77. The Morgan fingerprint density at radius 1 is 1.11 bits per heavy atom. The van der Waals surface area contributed by atoms with Crippen molar-refractivity contribution < 1.29 is 28.6 Å². The van der Waals surface area contributed by atoms with Crippen LogP contribution in [0.3, 0.4) is 0 Å². The Labute approximate surface area is 158 Å². The van der Waals surface area contributed by atoms with E-state index in [2.05, 4.69) is 10.1 Å². The number of amides is 1. The van der Waals surface area contributed by atoms with E-state index in [1.54, 1.807) is 24.3 Å². The van der Waals surface area contributed by atoms with Crippen LogP contribution in [0.15, 0.2) is 24.3 Å². The second kappa shape index (κ2) is 10.8. The number of carbonyl (C=O) groups excluding carboxylic acids is 3. The van der Waals surface area contributed by atoms with Gasteiger partial charge in [0, 0.05) is 0 Å². The minimum absolute atomic E-state index is 0.165. The zero-order valence-electron chi connectivity index (χ0n) is 15.9. The number of hydrogen-bond acceptors (Lipinski definition) is 7. The highest BCUT2D eigenvalue weighted by molar-refractivity contribution is 5.86. The quantitative estimate of drug-likeness (QED) is 0.651. The number of esters is 2. The number of hydrogen-bond donors (Lipinski definition) is 1. The van der Waals surface area contributed by atoms with Gasteiger partial charge in [-0.1, -0.05) is 13.8 Å². The van der Waals surface area contributed by atoms with Gasteiger partial charge in [-0.15, -0.1) is 0 Å². The Kier molecular flexibility index (Phi) is 8.79. The second-order valence-electron chi connectivity index (χ2n) is 6.28. The molecule has 0 aliphatic heterocycles. The number of nitrogens with one attached hydrogen (secondary N) is 1. The third-order valence-corrected chi connectivity index (χ3v) is 3.50. The van der Waals surface area contributed by atoms with Gasteiger partial charge < -0.3 is 19.5 Å². The fourth-order valence-electron chi connectivity index (χ4n) is 2.18. The van der Waals surface area contributed by atoms with Crippen LogP contribution >= 0.6 is 0 Å². The minimum Gasteiger partial charge on any atom is -0.479 e. The summed E-state index contributed by atoms with van der Waals surface area (Å²) in [5.74, 6) is -1.33. The molecular formula is C19H24N2O6. The Balaban J connectivity index is 2.49. The lowest BCUT2D eigenvalue weighted by atomic mass is 10.0. The molecule has 0 fully saturated rings. The molecule has 146 valence electrons. The Bertz CT molecular complexity index is 693. The molecule has 2 atom stereocenters. The summed E-state index contributed by atoms with van der Waals surface area (Å²) in [6.07, 6.45) is -0.539. The number of rotatable bonds is 9. The number of ether oxygens (including phenoxy) is 3. The predicted octanol–water partition coefficient (Wildman–Crippen LogP) is 1.57. The second-order valence-corrected chi connectivity index (χ2v) is 6.28. The molecule has 1 N–H and O–H groups in total. The predicted molar refractivity (Wildman–Crippen MR) is 95.6 cm³/mol. The SMILES string of the molecule is COC(=O)[C@@H](CC(C)C)NC(=O)COC(=O)[C@H](C)Oc1ccc(C#N)cc1. The van der Waals surface area contributed by atoms with Crippen molar-refractivity contribution in [3.8, 4) is 11.8 Å². The first kappa shape index (κ1) is 22.0. The fraction of sp³-hybridized carbons (Fsp3) is 0.474. The standard InChI is InChI=1S/C19H24N2O6/c1-12(2)9-16(19(24)25-4)21-17(22)11-26-18(23)13(3)27-15-7-5-14(10-20)6-8-15/h5-8,12-13,16H,9,11H2,1-4H3,(H,21,22)/t13-,16+/m0/s1. The van der Waals surface area contributed by atoms with Gasteiger partial charge >= 0.3 is 11.9 Å². The molecule has 1 rings (SSSR count). The largest absolute Gasteiger partial charge is 0.479 e. The molecule has 0 heterocycles. The lowest BCUT2D eigenvalue weighted by Crippen LogP contribution is -2.44. The van der Waals surface area contributed by atoms with Crippen LogP contribution in [0, 0.1) is 17.2 Å². The maximum atomic E-state index is 12.0. The van der Waals surface area contributed by atoms with E-state index in [0.29, 0.717) is 17.7 Å². The lowest BCUT2D eigenvalue weighted by molar-refractivity contribution is -0.155. The van der Waals surface area contributed by atoms with E-state index in [4.69, 9.17) is 14.7 Å². The van der Waals surface area contributed by atoms with Crippen LogP contribution in [0.4, 0.5) is 0 Å². The molecular weight excluding hydrogens is 352 g/mol. The molecule has 1 amide bonds. The van der Waals surface area contributed by atoms with Crippen LogP contribution in [0.2, 0.25) is 0 Å². The summed E-state index contributed by atoms with van der Waals surface area (Å²) in [6, 6.07) is 7.41. The van der Waals surface area contributed by atoms with Crippen molar-refractivity contribution in [3.63, 3.8) is 0 Å². The third-order valence-electron chi connectivity index (χ3n) is 3.50. The van der Waals surface area contributed by atoms with Gasteiger partial charge in [0.05, 0.1) is 18.7 Å². The molecule has 0 spiro atoms. The highest BCUT2D eigenvalue weighted by atomic mass is 16.6. The van der Waals surface area contributed by atoms with Gasteiger partial charge in [-0.25, -0.2) is 9.59 Å². The molecule has 1 aromatic rings. The van der Waals surface area contributed by atoms with Crippen molar-refractivity contribution in [2.24, 2.45) is 5.92 Å². The molecule has 0 saturated heterocycles. The summed E-state index contributed by atoms with van der Waals surface area (Å²) in [6.45, 7) is 4.76. The molecule has 8 heteroatoms. The Morgan fingerprint density at radius 2 is 1.74 bits per heavy atom. The van der Waals surface area contributed by atoms with Crippen molar-refractivity contribution >= 4 is 17.8 Å². The van der Waals surface area contributed by atoms with Crippen LogP contribution in [-0.4, -0.2) is 43.7 Å². The highest BCUT2D eigenvalue weighted by Crippen LogP contribution is 2.14. The van der Waals surface area contributed by atoms with E-state index in [9.17, 15) is 14.4 Å². The summed E-state index contributed by atoms with van der Waals surface area (Å²) in [7, 11) is 1.24. The summed E-state index contributed by atoms with van der Waals surface area (Å²) >= 11 is 0. The van der Waals surface area contributed by atoms with E-state index in [1.165, 1.54) is 14.0 Å². The van der Waals surface area contributed by atoms with Crippen LogP contribution in [0.25, 0.3) is 0 Å². The Hall–Kier alpha value is -3.08. The summed E-state index contributed by atoms with van der Waals surface area (Å²) in [4.78, 5) is 35.6. The molecule has 0 radical (unpaired) electrons. The van der Waals surface area contributed by atoms with Crippen molar-refractivity contribution in [3.05, 3.63) is 29.8 Å². The van der Waals surface area contributed by atoms with Gasteiger partial charge in [0.15, 0.2) is 12.7 Å². The smallest absolute Gasteiger partial charge is 0.347 e. The Morgan fingerprint density at radius 3 is 2.26 bits per heavy atom. The van der Waals surface area contributed by atoms with Gasteiger partial charge in [-0.2, -0.15) is 5.26 Å². The average Bonchev–Trinajstić information content (AvgIpc) is 2.65. The number of nitrogens with zero attached hydrogens (tertiary/aromatic N) is 1. The van der Waals surface area contributed by atoms with Gasteiger partial charge in [0.1, 0.15) is 11.8 Å². The number of benzene rings is 1. The monoisotopic (exact) mass is 376 g/mol. The maximum absolute atomic E-state index is 12.0. The van der Waals surface area contributed by atoms with Crippen molar-refractivity contribution in [2.45, 2.75) is 39.3 Å². The topological polar surface area (TPSA) is 115 Å². The molecule has 0 aliphatic carbocycles. The molecule has 0 unspecified atom stereocenters. The first-order valence-corrected chi connectivity index (χ1v) is 8.47. The zero-order valence-corrected chi connectivity index (χ0v) is 15.9. The normalized spacial score (nSPS) is 12.4. The molecule has 8 nitrogen and oxygen atoms in total. The molecule has 0 saturated carbocycles. The van der Waals surface area contributed by atoms with E-state index >= 15 is 0 Å². The van der Waals surface area contributed by atoms with Crippen LogP contribution in [0.5, 0.6) is 5.75 Å². The fourth-order valence-corrected chi connectivity index (χ4v) is 2.18. The zero-order chi connectivity index (χ0) is 20.4. The van der Waals surface area contributed by atoms with E-state index in [1.807, 2.05) is 19.9 Å². The number of nitriles is 1. The van der Waals surface area contributed by atoms with E-state index in [-0.39, 0.29) is 5.92 Å². The summed E-state index contributed by atoms with van der Waals surface area (Å²) in [5.41, 5.74) is 0.468. The van der Waals surface area contributed by atoms with Gasteiger partial charge in [-0.05, 0) is 43.5 Å². The van der Waals surface area contributed by atoms with Crippen molar-refractivity contribution in [2.75, 3.05) is 13.7 Å². The first-order valence-electron chi connectivity index (χ1n) is 8.47. The highest BCUT2D eigenvalue weighted by Gasteiger charge is 2.24. The van der Waals surface area contributed by atoms with Gasteiger partial charge in [0.2, 0.25) is 0 Å². The molecule has 27 heavy (non-hydrogen) atoms. The van der Waals surface area contributed by atoms with E-state index in [0.717, 1.165) is 0 Å².